The lowest BCUT2D eigenvalue weighted by Crippen LogP contribution is -2.11. The predicted octanol–water partition coefficient (Wildman–Crippen LogP) is 0.946. The fourth-order valence-electron chi connectivity index (χ4n) is 0.259. The lowest BCUT2D eigenvalue weighted by atomic mass is 10.3. The SMILES string of the molecule is C=CCC(S)C(=O)O. The molecular formula is C5H8O2S. The molecule has 1 atom stereocenters. The molecule has 0 aromatic rings. The maximum atomic E-state index is 9.97. The summed E-state index contributed by atoms with van der Waals surface area (Å²) in [6.45, 7) is 3.37. The number of aliphatic carboxylic acids is 1. The average Bonchev–Trinajstić information content (AvgIpc) is 1.67. The summed E-state index contributed by atoms with van der Waals surface area (Å²) in [7, 11) is 0. The fourth-order valence-corrected chi connectivity index (χ4v) is 0.408. The van der Waals surface area contributed by atoms with E-state index in [1.54, 1.807) is 0 Å². The maximum Gasteiger partial charge on any atom is 0.316 e. The molecule has 1 N–H and O–H groups in total. The molecule has 0 aromatic carbocycles. The van der Waals surface area contributed by atoms with E-state index in [9.17, 15) is 4.79 Å². The number of carboxylic acid groups (broad SMARTS) is 1. The summed E-state index contributed by atoms with van der Waals surface area (Å²) in [5.41, 5.74) is 0. The molecule has 0 aliphatic heterocycles. The minimum Gasteiger partial charge on any atom is -0.480 e. The molecule has 0 saturated heterocycles. The van der Waals surface area contributed by atoms with Crippen LogP contribution in [0.5, 0.6) is 0 Å². The number of thiol groups is 1. The van der Waals surface area contributed by atoms with E-state index in [4.69, 9.17) is 5.11 Å². The second-order valence-corrected chi connectivity index (χ2v) is 2.00. The Labute approximate surface area is 53.6 Å². The zero-order valence-electron chi connectivity index (χ0n) is 4.37. The van der Waals surface area contributed by atoms with Crippen molar-refractivity contribution in [1.82, 2.24) is 0 Å². The third-order valence-electron chi connectivity index (χ3n) is 0.675. The molecule has 3 heteroatoms. The highest BCUT2D eigenvalue weighted by molar-refractivity contribution is 7.81. The lowest BCUT2D eigenvalue weighted by molar-refractivity contribution is -0.136. The molecular weight excluding hydrogens is 124 g/mol. The molecule has 46 valence electrons. The Morgan fingerprint density at radius 3 is 2.62 bits per heavy atom. The van der Waals surface area contributed by atoms with Gasteiger partial charge in [-0.05, 0) is 6.42 Å². The molecule has 0 rings (SSSR count). The van der Waals surface area contributed by atoms with E-state index >= 15 is 0 Å². The van der Waals surface area contributed by atoms with E-state index in [1.807, 2.05) is 0 Å². The third-order valence-corrected chi connectivity index (χ3v) is 1.11. The molecule has 2 nitrogen and oxygen atoms in total. The van der Waals surface area contributed by atoms with Gasteiger partial charge < -0.3 is 5.11 Å². The van der Waals surface area contributed by atoms with Crippen LogP contribution in [-0.4, -0.2) is 16.3 Å². The van der Waals surface area contributed by atoms with Gasteiger partial charge in [0.25, 0.3) is 0 Å². The Morgan fingerprint density at radius 2 is 2.50 bits per heavy atom. The van der Waals surface area contributed by atoms with Crippen molar-refractivity contribution in [2.45, 2.75) is 11.7 Å². The van der Waals surface area contributed by atoms with Crippen LogP contribution in [0.2, 0.25) is 0 Å². The molecule has 0 aliphatic carbocycles. The van der Waals surface area contributed by atoms with Gasteiger partial charge >= 0.3 is 5.97 Å². The van der Waals surface area contributed by atoms with Gasteiger partial charge in [0.2, 0.25) is 0 Å². The van der Waals surface area contributed by atoms with Crippen molar-refractivity contribution >= 4 is 18.6 Å². The van der Waals surface area contributed by atoms with Crippen LogP contribution in [0.4, 0.5) is 0 Å². The first-order valence-corrected chi connectivity index (χ1v) is 2.72. The van der Waals surface area contributed by atoms with E-state index in [2.05, 4.69) is 19.2 Å². The summed E-state index contributed by atoms with van der Waals surface area (Å²) in [5.74, 6) is -0.895. The number of hydrogen-bond donors (Lipinski definition) is 2. The van der Waals surface area contributed by atoms with Gasteiger partial charge in [-0.2, -0.15) is 12.6 Å². The minimum absolute atomic E-state index is 0.415. The normalized spacial score (nSPS) is 12.6. The predicted molar refractivity (Wildman–Crippen MR) is 35.2 cm³/mol. The summed E-state index contributed by atoms with van der Waals surface area (Å²) < 4.78 is 0. The maximum absolute atomic E-state index is 9.97. The van der Waals surface area contributed by atoms with Gasteiger partial charge in [-0.15, -0.1) is 6.58 Å². The molecule has 0 heterocycles. The highest BCUT2D eigenvalue weighted by Crippen LogP contribution is 2.00. The number of carbonyl (C=O) groups is 1. The Hall–Kier alpha value is -0.440. The smallest absolute Gasteiger partial charge is 0.316 e. The molecule has 8 heavy (non-hydrogen) atoms. The standard InChI is InChI=1S/C5H8O2S/c1-2-3-4(8)5(6)7/h2,4,8H,1,3H2,(H,6,7). The molecule has 0 aliphatic rings. The monoisotopic (exact) mass is 132 g/mol. The van der Waals surface area contributed by atoms with Crippen LogP contribution < -0.4 is 0 Å². The van der Waals surface area contributed by atoms with Gasteiger partial charge in [0, 0.05) is 0 Å². The van der Waals surface area contributed by atoms with Gasteiger partial charge in [0.05, 0.1) is 0 Å². The zero-order chi connectivity index (χ0) is 6.57. The molecule has 0 saturated carbocycles. The van der Waals surface area contributed by atoms with E-state index in [0.29, 0.717) is 6.42 Å². The summed E-state index contributed by atoms with van der Waals surface area (Å²) in [4.78, 5) is 9.97. The number of hydrogen-bond acceptors (Lipinski definition) is 2. The van der Waals surface area contributed by atoms with Crippen molar-refractivity contribution < 1.29 is 9.90 Å². The van der Waals surface area contributed by atoms with Crippen molar-refractivity contribution in [3.8, 4) is 0 Å². The molecule has 0 fully saturated rings. The lowest BCUT2D eigenvalue weighted by Gasteiger charge is -1.96. The largest absolute Gasteiger partial charge is 0.480 e. The molecule has 0 aromatic heterocycles. The van der Waals surface area contributed by atoms with E-state index in [0.717, 1.165) is 0 Å². The van der Waals surface area contributed by atoms with Crippen LogP contribution in [-0.2, 0) is 4.79 Å². The van der Waals surface area contributed by atoms with Crippen LogP contribution in [0, 0.1) is 0 Å². The molecule has 0 spiro atoms. The van der Waals surface area contributed by atoms with Gasteiger partial charge in [-0.1, -0.05) is 6.08 Å². The van der Waals surface area contributed by atoms with Gasteiger partial charge in [-0.3, -0.25) is 4.79 Å². The van der Waals surface area contributed by atoms with Crippen LogP contribution >= 0.6 is 12.6 Å². The summed E-state index contributed by atoms with van der Waals surface area (Å²) in [5, 5.41) is 7.60. The highest BCUT2D eigenvalue weighted by Gasteiger charge is 2.07. The van der Waals surface area contributed by atoms with E-state index in [-0.39, 0.29) is 0 Å². The molecule has 0 bridgehead atoms. The number of allylic oxidation sites excluding steroid dienone is 1. The molecule has 0 radical (unpaired) electrons. The second kappa shape index (κ2) is 3.55. The van der Waals surface area contributed by atoms with E-state index < -0.39 is 11.2 Å². The second-order valence-electron chi connectivity index (χ2n) is 1.38. The topological polar surface area (TPSA) is 37.3 Å². The number of carboxylic acids is 1. The fraction of sp³-hybridized carbons (Fsp3) is 0.400. The van der Waals surface area contributed by atoms with Crippen molar-refractivity contribution in [1.29, 1.82) is 0 Å². The van der Waals surface area contributed by atoms with Gasteiger partial charge in [0.15, 0.2) is 0 Å². The summed E-state index contributed by atoms with van der Waals surface area (Å²) in [6, 6.07) is 0. The van der Waals surface area contributed by atoms with Crippen molar-refractivity contribution in [3.05, 3.63) is 12.7 Å². The van der Waals surface area contributed by atoms with Crippen LogP contribution in [0.1, 0.15) is 6.42 Å². The minimum atomic E-state index is -0.895. The molecule has 1 unspecified atom stereocenters. The third kappa shape index (κ3) is 2.69. The Bertz CT molecular complexity index is 101. The molecule has 0 amide bonds. The average molecular weight is 132 g/mol. The van der Waals surface area contributed by atoms with Crippen molar-refractivity contribution in [2.75, 3.05) is 0 Å². The van der Waals surface area contributed by atoms with Gasteiger partial charge in [-0.25, -0.2) is 0 Å². The van der Waals surface area contributed by atoms with Gasteiger partial charge in [0.1, 0.15) is 5.25 Å². The summed E-state index contributed by atoms with van der Waals surface area (Å²) >= 11 is 3.73. The van der Waals surface area contributed by atoms with Crippen LogP contribution in [0.25, 0.3) is 0 Å². The van der Waals surface area contributed by atoms with Crippen LogP contribution in [0.15, 0.2) is 12.7 Å². The Balaban J connectivity index is 3.46. The zero-order valence-corrected chi connectivity index (χ0v) is 5.27. The first-order chi connectivity index (χ1) is 3.68. The highest BCUT2D eigenvalue weighted by atomic mass is 32.1. The Morgan fingerprint density at radius 1 is 2.00 bits per heavy atom. The van der Waals surface area contributed by atoms with Crippen LogP contribution in [0.3, 0.4) is 0 Å². The quantitative estimate of drug-likeness (QED) is 0.443. The van der Waals surface area contributed by atoms with E-state index in [1.165, 1.54) is 6.08 Å². The summed E-state index contributed by atoms with van der Waals surface area (Å²) in [6.07, 6.45) is 1.95. The Kier molecular flexibility index (Phi) is 3.35. The first-order valence-electron chi connectivity index (χ1n) is 2.20. The van der Waals surface area contributed by atoms with Crippen molar-refractivity contribution in [2.24, 2.45) is 0 Å². The first kappa shape index (κ1) is 7.56. The van der Waals surface area contributed by atoms with Crippen molar-refractivity contribution in [3.63, 3.8) is 0 Å². The number of rotatable bonds is 3.